The second kappa shape index (κ2) is 7.77. The van der Waals surface area contributed by atoms with Gasteiger partial charge in [-0.25, -0.2) is 0 Å². The number of rotatable bonds is 5. The minimum atomic E-state index is -0.771. The second-order valence-corrected chi connectivity index (χ2v) is 6.80. The molecule has 1 aliphatic rings. The fraction of sp³-hybridized carbons (Fsp3) is 0.529. The summed E-state index contributed by atoms with van der Waals surface area (Å²) in [6.45, 7) is 3.18. The van der Waals surface area contributed by atoms with Gasteiger partial charge in [-0.1, -0.05) is 34.5 Å². The predicted molar refractivity (Wildman–Crippen MR) is 88.3 cm³/mol. The summed E-state index contributed by atoms with van der Waals surface area (Å²) in [6, 6.07) is 7.93. The maximum atomic E-state index is 12.7. The summed E-state index contributed by atoms with van der Waals surface area (Å²) in [6.07, 6.45) is 2.79. The zero-order chi connectivity index (χ0) is 16.1. The lowest BCUT2D eigenvalue weighted by Gasteiger charge is -2.31. The third-order valence-corrected chi connectivity index (χ3v) is 4.82. The van der Waals surface area contributed by atoms with E-state index in [1.54, 1.807) is 0 Å². The number of aliphatic carboxylic acids is 1. The first-order valence-electron chi connectivity index (χ1n) is 7.77. The Labute approximate surface area is 139 Å². The van der Waals surface area contributed by atoms with E-state index in [2.05, 4.69) is 15.9 Å². The van der Waals surface area contributed by atoms with E-state index in [0.29, 0.717) is 25.9 Å². The maximum absolute atomic E-state index is 12.7. The van der Waals surface area contributed by atoms with Crippen LogP contribution in [-0.4, -0.2) is 28.4 Å². The van der Waals surface area contributed by atoms with Crippen molar-refractivity contribution in [2.45, 2.75) is 39.2 Å². The Kier molecular flexibility index (Phi) is 6.00. The summed E-state index contributed by atoms with van der Waals surface area (Å²) in [7, 11) is 0. The van der Waals surface area contributed by atoms with E-state index in [-0.39, 0.29) is 17.7 Å². The van der Waals surface area contributed by atoms with Gasteiger partial charge in [0.2, 0.25) is 5.91 Å². The van der Waals surface area contributed by atoms with Crippen LogP contribution >= 0.6 is 15.9 Å². The quantitative estimate of drug-likeness (QED) is 0.863. The Morgan fingerprint density at radius 2 is 2.05 bits per heavy atom. The van der Waals surface area contributed by atoms with E-state index in [1.807, 2.05) is 36.1 Å². The molecule has 2 atom stereocenters. The Balaban J connectivity index is 2.03. The fourth-order valence-corrected chi connectivity index (χ4v) is 3.54. The number of carbonyl (C=O) groups excluding carboxylic acids is 1. The van der Waals surface area contributed by atoms with Crippen LogP contribution in [0.15, 0.2) is 28.7 Å². The number of carboxylic acids is 1. The number of amides is 1. The lowest BCUT2D eigenvalue weighted by molar-refractivity contribution is -0.145. The van der Waals surface area contributed by atoms with Gasteiger partial charge >= 0.3 is 5.97 Å². The second-order valence-electron chi connectivity index (χ2n) is 5.88. The van der Waals surface area contributed by atoms with Crippen LogP contribution in [0.2, 0.25) is 0 Å². The van der Waals surface area contributed by atoms with Gasteiger partial charge in [0.15, 0.2) is 0 Å². The van der Waals surface area contributed by atoms with Gasteiger partial charge in [0.05, 0.1) is 5.92 Å². The summed E-state index contributed by atoms with van der Waals surface area (Å²) in [5.41, 5.74) is 1.08. The van der Waals surface area contributed by atoms with Gasteiger partial charge in [0, 0.05) is 23.5 Å². The van der Waals surface area contributed by atoms with Crippen LogP contribution < -0.4 is 0 Å². The van der Waals surface area contributed by atoms with Crippen molar-refractivity contribution in [3.63, 3.8) is 0 Å². The third-order valence-electron chi connectivity index (χ3n) is 4.33. The molecule has 2 rings (SSSR count). The molecule has 120 valence electrons. The highest BCUT2D eigenvalue weighted by Gasteiger charge is 2.32. The molecular weight excluding hydrogens is 346 g/mol. The van der Waals surface area contributed by atoms with Crippen molar-refractivity contribution < 1.29 is 14.7 Å². The SMILES string of the molecule is CCN(Cc1cccc(Br)c1)C(=O)C1CCCC(C(=O)O)C1. The van der Waals surface area contributed by atoms with Crippen molar-refractivity contribution in [1.29, 1.82) is 0 Å². The van der Waals surface area contributed by atoms with E-state index in [4.69, 9.17) is 5.11 Å². The molecule has 0 spiro atoms. The topological polar surface area (TPSA) is 57.6 Å². The maximum Gasteiger partial charge on any atom is 0.306 e. The molecule has 1 N–H and O–H groups in total. The molecule has 22 heavy (non-hydrogen) atoms. The molecule has 1 amide bonds. The van der Waals surface area contributed by atoms with Gasteiger partial charge in [0.25, 0.3) is 0 Å². The van der Waals surface area contributed by atoms with Crippen LogP contribution in [0, 0.1) is 11.8 Å². The average Bonchev–Trinajstić information content (AvgIpc) is 2.52. The van der Waals surface area contributed by atoms with Crippen molar-refractivity contribution in [1.82, 2.24) is 4.90 Å². The molecule has 5 heteroatoms. The average molecular weight is 368 g/mol. The van der Waals surface area contributed by atoms with E-state index in [0.717, 1.165) is 22.9 Å². The predicted octanol–water partition coefficient (Wildman–Crippen LogP) is 3.69. The number of halogens is 1. The standard InChI is InChI=1S/C17H22BrNO3/c1-2-19(11-12-5-3-8-15(18)9-12)16(20)13-6-4-7-14(10-13)17(21)22/h3,5,8-9,13-14H,2,4,6-7,10-11H2,1H3,(H,21,22). The van der Waals surface area contributed by atoms with Crippen LogP contribution in [0.5, 0.6) is 0 Å². The Bertz CT molecular complexity index is 546. The summed E-state index contributed by atoms with van der Waals surface area (Å²) in [4.78, 5) is 25.7. The van der Waals surface area contributed by atoms with Crippen molar-refractivity contribution in [2.75, 3.05) is 6.54 Å². The number of hydrogen-bond acceptors (Lipinski definition) is 2. The smallest absolute Gasteiger partial charge is 0.306 e. The summed E-state index contributed by atoms with van der Waals surface area (Å²) in [5, 5.41) is 9.17. The highest BCUT2D eigenvalue weighted by Crippen LogP contribution is 2.31. The summed E-state index contributed by atoms with van der Waals surface area (Å²) in [5.74, 6) is -1.20. The monoisotopic (exact) mass is 367 g/mol. The van der Waals surface area contributed by atoms with E-state index < -0.39 is 5.97 Å². The molecule has 0 aromatic heterocycles. The zero-order valence-electron chi connectivity index (χ0n) is 12.8. The summed E-state index contributed by atoms with van der Waals surface area (Å²) < 4.78 is 0.997. The Morgan fingerprint density at radius 1 is 1.32 bits per heavy atom. The largest absolute Gasteiger partial charge is 0.481 e. The number of hydrogen-bond donors (Lipinski definition) is 1. The van der Waals surface area contributed by atoms with Gasteiger partial charge in [-0.2, -0.15) is 0 Å². The number of carboxylic acid groups (broad SMARTS) is 1. The fourth-order valence-electron chi connectivity index (χ4n) is 3.10. The van der Waals surface area contributed by atoms with Crippen LogP contribution in [-0.2, 0) is 16.1 Å². The van der Waals surface area contributed by atoms with Gasteiger partial charge in [-0.3, -0.25) is 9.59 Å². The van der Waals surface area contributed by atoms with Crippen LogP contribution in [0.1, 0.15) is 38.2 Å². The van der Waals surface area contributed by atoms with Crippen molar-refractivity contribution in [3.8, 4) is 0 Å². The van der Waals surface area contributed by atoms with Gasteiger partial charge in [0.1, 0.15) is 0 Å². The highest BCUT2D eigenvalue weighted by molar-refractivity contribution is 9.10. The van der Waals surface area contributed by atoms with Crippen LogP contribution in [0.25, 0.3) is 0 Å². The highest BCUT2D eigenvalue weighted by atomic mass is 79.9. The van der Waals surface area contributed by atoms with Crippen LogP contribution in [0.4, 0.5) is 0 Å². The number of nitrogens with zero attached hydrogens (tertiary/aromatic N) is 1. The molecule has 1 saturated carbocycles. The number of benzene rings is 1. The van der Waals surface area contributed by atoms with E-state index in [9.17, 15) is 9.59 Å². The molecule has 0 bridgehead atoms. The first-order valence-corrected chi connectivity index (χ1v) is 8.56. The van der Waals surface area contributed by atoms with Crippen molar-refractivity contribution in [2.24, 2.45) is 11.8 Å². The third kappa shape index (κ3) is 4.32. The molecule has 1 aromatic rings. The molecule has 2 unspecified atom stereocenters. The first kappa shape index (κ1) is 17.0. The molecule has 0 saturated heterocycles. The van der Waals surface area contributed by atoms with Gasteiger partial charge in [-0.15, -0.1) is 0 Å². The lowest BCUT2D eigenvalue weighted by Crippen LogP contribution is -2.38. The number of carbonyl (C=O) groups is 2. The molecule has 1 fully saturated rings. The molecule has 0 radical (unpaired) electrons. The summed E-state index contributed by atoms with van der Waals surface area (Å²) >= 11 is 3.44. The van der Waals surface area contributed by atoms with E-state index >= 15 is 0 Å². The first-order chi connectivity index (χ1) is 10.5. The molecule has 1 aromatic carbocycles. The minimum absolute atomic E-state index is 0.0911. The Hall–Kier alpha value is -1.36. The van der Waals surface area contributed by atoms with Gasteiger partial charge in [-0.05, 0) is 43.9 Å². The van der Waals surface area contributed by atoms with Crippen molar-refractivity contribution in [3.05, 3.63) is 34.3 Å². The molecular formula is C17H22BrNO3. The normalized spacial score (nSPS) is 21.4. The zero-order valence-corrected chi connectivity index (χ0v) is 14.4. The lowest BCUT2D eigenvalue weighted by atomic mass is 9.80. The van der Waals surface area contributed by atoms with Crippen LogP contribution in [0.3, 0.4) is 0 Å². The molecule has 0 heterocycles. The molecule has 1 aliphatic carbocycles. The molecule has 4 nitrogen and oxygen atoms in total. The Morgan fingerprint density at radius 3 is 2.68 bits per heavy atom. The van der Waals surface area contributed by atoms with Crippen molar-refractivity contribution >= 4 is 27.8 Å². The van der Waals surface area contributed by atoms with Gasteiger partial charge < -0.3 is 10.0 Å². The van der Waals surface area contributed by atoms with E-state index in [1.165, 1.54) is 0 Å². The minimum Gasteiger partial charge on any atom is -0.481 e. The molecule has 0 aliphatic heterocycles.